The molecule has 0 radical (unpaired) electrons. The monoisotopic (exact) mass is 368 g/mol. The first-order chi connectivity index (χ1) is 12.9. The van der Waals surface area contributed by atoms with Gasteiger partial charge >= 0.3 is 11.7 Å². The van der Waals surface area contributed by atoms with Crippen LogP contribution in [0.4, 0.5) is 5.82 Å². The highest BCUT2D eigenvalue weighted by Crippen LogP contribution is 2.39. The Hall–Kier alpha value is -3.42. The largest absolute Gasteiger partial charge is 0.458 e. The molecule has 1 atom stereocenters. The number of allylic oxidation sites excluding steroid dienone is 1. The molecule has 8 nitrogen and oxygen atoms in total. The van der Waals surface area contributed by atoms with Crippen LogP contribution in [0.25, 0.3) is 0 Å². The maximum absolute atomic E-state index is 13.0. The lowest BCUT2D eigenvalue weighted by molar-refractivity contribution is -0.138. The summed E-state index contributed by atoms with van der Waals surface area (Å²) in [4.78, 5) is 42.0. The molecule has 3 rings (SSSR count). The number of hydrogen-bond donors (Lipinski definition) is 1. The number of nitrogens with zero attached hydrogens (tertiary/aromatic N) is 3. The molecule has 27 heavy (non-hydrogen) atoms. The molecular formula is C19H20N4O4. The van der Waals surface area contributed by atoms with E-state index in [0.717, 1.165) is 4.57 Å². The van der Waals surface area contributed by atoms with Crippen LogP contribution in [0.15, 0.2) is 58.0 Å². The van der Waals surface area contributed by atoms with Gasteiger partial charge in [-0.1, -0.05) is 12.7 Å². The van der Waals surface area contributed by atoms with E-state index in [1.807, 2.05) is 0 Å². The van der Waals surface area contributed by atoms with Crippen LogP contribution >= 0.6 is 0 Å². The Morgan fingerprint density at radius 2 is 1.96 bits per heavy atom. The number of hydrogen-bond acceptors (Lipinski definition) is 6. The van der Waals surface area contributed by atoms with Crippen molar-refractivity contribution in [2.45, 2.75) is 12.8 Å². The molecule has 0 saturated carbocycles. The number of esters is 1. The number of anilines is 1. The zero-order chi connectivity index (χ0) is 19.7. The Morgan fingerprint density at radius 3 is 2.59 bits per heavy atom. The molecule has 1 aliphatic heterocycles. The summed E-state index contributed by atoms with van der Waals surface area (Å²) in [6.45, 7) is 5.31. The Balaban J connectivity index is 2.33. The zero-order valence-corrected chi connectivity index (χ0v) is 15.4. The van der Waals surface area contributed by atoms with Gasteiger partial charge in [-0.2, -0.15) is 0 Å². The number of aromatic nitrogens is 3. The van der Waals surface area contributed by atoms with Gasteiger partial charge < -0.3 is 10.1 Å². The second-order valence-corrected chi connectivity index (χ2v) is 6.23. The highest BCUT2D eigenvalue weighted by molar-refractivity contribution is 5.94. The molecule has 0 saturated heterocycles. The molecule has 1 aliphatic rings. The normalized spacial score (nSPS) is 15.7. The summed E-state index contributed by atoms with van der Waals surface area (Å²) in [5, 5.41) is 3.03. The van der Waals surface area contributed by atoms with E-state index in [2.05, 4.69) is 16.9 Å². The summed E-state index contributed by atoms with van der Waals surface area (Å²) in [6, 6.07) is 3.47. The molecule has 0 aliphatic carbocycles. The molecule has 2 aromatic rings. The van der Waals surface area contributed by atoms with E-state index in [9.17, 15) is 14.4 Å². The topological polar surface area (TPSA) is 95.2 Å². The Bertz CT molecular complexity index is 1060. The fraction of sp³-hybridized carbons (Fsp3) is 0.263. The number of nitrogens with one attached hydrogen (secondary N) is 1. The van der Waals surface area contributed by atoms with Crippen LogP contribution in [-0.2, 0) is 23.6 Å². The average Bonchev–Trinajstić information content (AvgIpc) is 2.68. The van der Waals surface area contributed by atoms with Crippen LogP contribution in [0.1, 0.15) is 24.0 Å². The van der Waals surface area contributed by atoms with Gasteiger partial charge in [0.25, 0.3) is 5.56 Å². The molecule has 0 unspecified atom stereocenters. The van der Waals surface area contributed by atoms with E-state index in [1.165, 1.54) is 17.7 Å². The molecule has 0 amide bonds. The molecule has 0 spiro atoms. The first kappa shape index (κ1) is 18.4. The van der Waals surface area contributed by atoms with Gasteiger partial charge in [-0.3, -0.25) is 18.9 Å². The molecule has 8 heteroatoms. The third kappa shape index (κ3) is 2.99. The first-order valence-electron chi connectivity index (χ1n) is 8.34. The second-order valence-electron chi connectivity index (χ2n) is 6.23. The van der Waals surface area contributed by atoms with Crippen LogP contribution in [-0.4, -0.2) is 26.7 Å². The summed E-state index contributed by atoms with van der Waals surface area (Å²) in [7, 11) is 2.99. The minimum absolute atomic E-state index is 0.0524. The number of fused-ring (bicyclic) bond motifs is 1. The van der Waals surface area contributed by atoms with Crippen molar-refractivity contribution in [1.29, 1.82) is 0 Å². The summed E-state index contributed by atoms with van der Waals surface area (Å²) in [5.74, 6) is -0.877. The van der Waals surface area contributed by atoms with Crippen molar-refractivity contribution in [2.75, 3.05) is 11.9 Å². The molecule has 3 heterocycles. The fourth-order valence-corrected chi connectivity index (χ4v) is 3.26. The number of carbonyl (C=O) groups is 1. The standard InChI is InChI=1S/C19H20N4O4/c1-5-10-27-18(25)13-11(2)21-16-15(14(13)12-6-8-20-9-7-12)17(24)23(4)19(26)22(16)3/h5-9,14,21H,1,10H2,2-4H3/t14-/m1/s1. The minimum Gasteiger partial charge on any atom is -0.458 e. The van der Waals surface area contributed by atoms with Crippen LogP contribution in [0.2, 0.25) is 0 Å². The van der Waals surface area contributed by atoms with Crippen molar-refractivity contribution in [3.63, 3.8) is 0 Å². The lowest BCUT2D eigenvalue weighted by Gasteiger charge is -2.30. The summed E-state index contributed by atoms with van der Waals surface area (Å²) >= 11 is 0. The van der Waals surface area contributed by atoms with Crippen LogP contribution in [0.5, 0.6) is 0 Å². The number of rotatable bonds is 4. The van der Waals surface area contributed by atoms with Gasteiger partial charge in [-0.15, -0.1) is 0 Å². The molecular weight excluding hydrogens is 348 g/mol. The Labute approximate surface area is 155 Å². The van der Waals surface area contributed by atoms with E-state index >= 15 is 0 Å². The highest BCUT2D eigenvalue weighted by Gasteiger charge is 2.37. The van der Waals surface area contributed by atoms with Crippen molar-refractivity contribution < 1.29 is 9.53 Å². The van der Waals surface area contributed by atoms with Crippen LogP contribution < -0.4 is 16.6 Å². The average molecular weight is 368 g/mol. The molecule has 0 fully saturated rings. The second kappa shape index (κ2) is 7.06. The number of ether oxygens (including phenoxy) is 1. The van der Waals surface area contributed by atoms with Gasteiger partial charge in [0.15, 0.2) is 0 Å². The third-order valence-electron chi connectivity index (χ3n) is 4.58. The van der Waals surface area contributed by atoms with Crippen molar-refractivity contribution >= 4 is 11.8 Å². The maximum Gasteiger partial charge on any atom is 0.337 e. The summed E-state index contributed by atoms with van der Waals surface area (Å²) < 4.78 is 7.64. The van der Waals surface area contributed by atoms with Gasteiger partial charge in [0.1, 0.15) is 12.4 Å². The highest BCUT2D eigenvalue weighted by atomic mass is 16.5. The number of pyridine rings is 1. The fourth-order valence-electron chi connectivity index (χ4n) is 3.26. The summed E-state index contributed by atoms with van der Waals surface area (Å²) in [6.07, 6.45) is 4.65. The van der Waals surface area contributed by atoms with E-state index in [0.29, 0.717) is 28.2 Å². The van der Waals surface area contributed by atoms with Crippen LogP contribution in [0.3, 0.4) is 0 Å². The van der Waals surface area contributed by atoms with Gasteiger partial charge in [0.05, 0.1) is 17.1 Å². The predicted molar refractivity (Wildman–Crippen MR) is 100 cm³/mol. The summed E-state index contributed by atoms with van der Waals surface area (Å²) in [5.41, 5.74) is 0.914. The maximum atomic E-state index is 13.0. The quantitative estimate of drug-likeness (QED) is 0.640. The minimum atomic E-state index is -0.688. The lowest BCUT2D eigenvalue weighted by Crippen LogP contribution is -2.43. The van der Waals surface area contributed by atoms with E-state index in [1.54, 1.807) is 38.5 Å². The van der Waals surface area contributed by atoms with Gasteiger partial charge in [0, 0.05) is 32.2 Å². The predicted octanol–water partition coefficient (Wildman–Crippen LogP) is 1.04. The van der Waals surface area contributed by atoms with Crippen molar-refractivity contribution in [2.24, 2.45) is 14.1 Å². The molecule has 0 bridgehead atoms. The van der Waals surface area contributed by atoms with Crippen molar-refractivity contribution in [3.05, 3.63) is 80.4 Å². The third-order valence-corrected chi connectivity index (χ3v) is 4.58. The molecule has 140 valence electrons. The molecule has 0 aromatic carbocycles. The van der Waals surface area contributed by atoms with Gasteiger partial charge in [-0.05, 0) is 24.6 Å². The Kier molecular flexibility index (Phi) is 4.81. The van der Waals surface area contributed by atoms with E-state index in [4.69, 9.17) is 4.74 Å². The van der Waals surface area contributed by atoms with E-state index < -0.39 is 23.1 Å². The van der Waals surface area contributed by atoms with E-state index in [-0.39, 0.29) is 6.61 Å². The van der Waals surface area contributed by atoms with Crippen LogP contribution in [0, 0.1) is 0 Å². The smallest absolute Gasteiger partial charge is 0.337 e. The first-order valence-corrected chi connectivity index (χ1v) is 8.34. The van der Waals surface area contributed by atoms with Gasteiger partial charge in [0.2, 0.25) is 0 Å². The van der Waals surface area contributed by atoms with Crippen molar-refractivity contribution in [1.82, 2.24) is 14.1 Å². The van der Waals surface area contributed by atoms with Gasteiger partial charge in [-0.25, -0.2) is 9.59 Å². The lowest BCUT2D eigenvalue weighted by atomic mass is 9.82. The zero-order valence-electron chi connectivity index (χ0n) is 15.4. The Morgan fingerprint density at radius 1 is 1.30 bits per heavy atom. The van der Waals surface area contributed by atoms with Crippen molar-refractivity contribution in [3.8, 4) is 0 Å². The molecule has 2 aromatic heterocycles. The number of carbonyl (C=O) groups excluding carboxylic acids is 1. The molecule has 1 N–H and O–H groups in total. The SMILES string of the molecule is C=CCOC(=O)C1=C(C)Nc2c(c(=O)n(C)c(=O)n2C)[C@@H]1c1ccncc1.